The lowest BCUT2D eigenvalue weighted by Crippen LogP contribution is -2.37. The summed E-state index contributed by atoms with van der Waals surface area (Å²) in [5, 5.41) is -0.354. The van der Waals surface area contributed by atoms with E-state index < -0.39 is 33.1 Å². The van der Waals surface area contributed by atoms with E-state index in [4.69, 9.17) is 0 Å². The van der Waals surface area contributed by atoms with Gasteiger partial charge in [-0.1, -0.05) is 23.9 Å². The summed E-state index contributed by atoms with van der Waals surface area (Å²) in [5.41, 5.74) is 0. The van der Waals surface area contributed by atoms with Gasteiger partial charge >= 0.3 is 6.36 Å². The SMILES string of the molecule is O=C1SCCC1NS(=O)(=O)c1ccccc1OC(F)(F)F. The lowest BCUT2D eigenvalue weighted by molar-refractivity contribution is -0.275. The van der Waals surface area contributed by atoms with Crippen LogP contribution in [0.15, 0.2) is 29.2 Å². The van der Waals surface area contributed by atoms with E-state index in [-0.39, 0.29) is 5.12 Å². The Kier molecular flexibility index (Phi) is 4.49. The summed E-state index contributed by atoms with van der Waals surface area (Å²) < 4.78 is 66.9. The van der Waals surface area contributed by atoms with Crippen molar-refractivity contribution in [3.05, 3.63) is 24.3 Å². The first-order valence-corrected chi connectivity index (χ1v) is 8.20. The highest BCUT2D eigenvalue weighted by atomic mass is 32.2. The average molecular weight is 341 g/mol. The zero-order chi connectivity index (χ0) is 15.7. The van der Waals surface area contributed by atoms with Gasteiger partial charge in [-0.15, -0.1) is 13.2 Å². The van der Waals surface area contributed by atoms with Gasteiger partial charge in [-0.05, 0) is 18.6 Å². The Morgan fingerprint density at radius 1 is 1.29 bits per heavy atom. The molecule has 1 aliphatic rings. The van der Waals surface area contributed by atoms with Crippen molar-refractivity contribution in [3.8, 4) is 5.75 Å². The van der Waals surface area contributed by atoms with E-state index in [1.54, 1.807) is 0 Å². The monoisotopic (exact) mass is 341 g/mol. The predicted molar refractivity (Wildman–Crippen MR) is 69.3 cm³/mol. The molecule has 1 fully saturated rings. The highest BCUT2D eigenvalue weighted by molar-refractivity contribution is 8.14. The molecule has 5 nitrogen and oxygen atoms in total. The van der Waals surface area contributed by atoms with Crippen molar-refractivity contribution in [2.24, 2.45) is 0 Å². The molecule has 1 atom stereocenters. The number of sulfonamides is 1. The number of alkyl halides is 3. The van der Waals surface area contributed by atoms with Gasteiger partial charge in [0.1, 0.15) is 10.6 Å². The molecular weight excluding hydrogens is 331 g/mol. The third-order valence-corrected chi connectivity index (χ3v) is 5.12. The van der Waals surface area contributed by atoms with Crippen LogP contribution in [0.25, 0.3) is 0 Å². The van der Waals surface area contributed by atoms with Crippen molar-refractivity contribution in [1.82, 2.24) is 4.72 Å². The molecule has 0 spiro atoms. The van der Waals surface area contributed by atoms with Crippen LogP contribution in [0, 0.1) is 0 Å². The van der Waals surface area contributed by atoms with Gasteiger partial charge in [0.25, 0.3) is 0 Å². The summed E-state index contributed by atoms with van der Waals surface area (Å²) in [6.07, 6.45) is -4.71. The third kappa shape index (κ3) is 4.11. The summed E-state index contributed by atoms with van der Waals surface area (Å²) >= 11 is 0.978. The van der Waals surface area contributed by atoms with Crippen molar-refractivity contribution in [3.63, 3.8) is 0 Å². The Bertz CT molecular complexity index is 645. The van der Waals surface area contributed by atoms with Gasteiger partial charge in [0.2, 0.25) is 15.1 Å². The summed E-state index contributed by atoms with van der Waals surface area (Å²) in [4.78, 5) is 10.8. The van der Waals surface area contributed by atoms with E-state index in [2.05, 4.69) is 9.46 Å². The minimum absolute atomic E-state index is 0.297. The summed E-state index contributed by atoms with van der Waals surface area (Å²) in [6, 6.07) is 3.43. The lowest BCUT2D eigenvalue weighted by atomic mass is 10.3. The standard InChI is InChI=1S/C11H10F3NO4S2/c12-11(13,14)19-8-3-1-2-4-9(8)21(17,18)15-7-5-6-20-10(7)16/h1-4,7,15H,5-6H2. The molecule has 1 N–H and O–H groups in total. The number of carbonyl (C=O) groups is 1. The van der Waals surface area contributed by atoms with Gasteiger partial charge in [-0.2, -0.15) is 4.72 Å². The first-order chi connectivity index (χ1) is 9.69. The molecule has 1 saturated heterocycles. The molecule has 0 amide bonds. The highest BCUT2D eigenvalue weighted by Crippen LogP contribution is 2.30. The molecule has 0 aliphatic carbocycles. The molecule has 1 unspecified atom stereocenters. The molecule has 1 aliphatic heterocycles. The van der Waals surface area contributed by atoms with Crippen molar-refractivity contribution in [2.45, 2.75) is 23.7 Å². The summed E-state index contributed by atoms with van der Waals surface area (Å²) in [5.74, 6) is -0.372. The van der Waals surface area contributed by atoms with Gasteiger partial charge in [0.05, 0.1) is 6.04 Å². The number of ether oxygens (including phenoxy) is 1. The first kappa shape index (κ1) is 16.1. The molecule has 0 radical (unpaired) electrons. The molecule has 1 heterocycles. The van der Waals surface area contributed by atoms with Crippen LogP contribution in [0.4, 0.5) is 13.2 Å². The first-order valence-electron chi connectivity index (χ1n) is 5.73. The fraction of sp³-hybridized carbons (Fsp3) is 0.364. The van der Waals surface area contributed by atoms with E-state index in [0.29, 0.717) is 12.2 Å². The molecule has 1 aromatic rings. The maximum Gasteiger partial charge on any atom is 0.573 e. The summed E-state index contributed by atoms with van der Waals surface area (Å²) in [7, 11) is -4.29. The summed E-state index contributed by atoms with van der Waals surface area (Å²) in [6.45, 7) is 0. The van der Waals surface area contributed by atoms with Crippen LogP contribution < -0.4 is 9.46 Å². The molecule has 0 saturated carbocycles. The van der Waals surface area contributed by atoms with E-state index in [1.807, 2.05) is 0 Å². The van der Waals surface area contributed by atoms with Crippen LogP contribution in [0.1, 0.15) is 6.42 Å². The normalized spacial score (nSPS) is 19.8. The minimum Gasteiger partial charge on any atom is -0.404 e. The second-order valence-electron chi connectivity index (χ2n) is 4.12. The van der Waals surface area contributed by atoms with Crippen LogP contribution in [0.3, 0.4) is 0 Å². The van der Waals surface area contributed by atoms with Crippen molar-refractivity contribution in [2.75, 3.05) is 5.75 Å². The average Bonchev–Trinajstić information content (AvgIpc) is 2.73. The Labute approximate surface area is 122 Å². The Morgan fingerprint density at radius 3 is 2.52 bits per heavy atom. The molecular formula is C11H10F3NO4S2. The number of halogens is 3. The fourth-order valence-corrected chi connectivity index (χ4v) is 4.10. The van der Waals surface area contributed by atoms with E-state index in [0.717, 1.165) is 23.9 Å². The second-order valence-corrected chi connectivity index (χ2v) is 6.91. The van der Waals surface area contributed by atoms with Gasteiger partial charge in [-0.3, -0.25) is 4.79 Å². The molecule has 10 heteroatoms. The van der Waals surface area contributed by atoms with E-state index >= 15 is 0 Å². The van der Waals surface area contributed by atoms with E-state index in [1.165, 1.54) is 12.1 Å². The van der Waals surface area contributed by atoms with Crippen LogP contribution >= 0.6 is 11.8 Å². The van der Waals surface area contributed by atoms with Crippen LogP contribution in [0.5, 0.6) is 5.75 Å². The quantitative estimate of drug-likeness (QED) is 0.905. The number of hydrogen-bond donors (Lipinski definition) is 1. The van der Waals surface area contributed by atoms with E-state index in [9.17, 15) is 26.4 Å². The number of thioether (sulfide) groups is 1. The number of rotatable bonds is 4. The largest absolute Gasteiger partial charge is 0.573 e. The number of nitrogens with one attached hydrogen (secondary N) is 1. The number of hydrogen-bond acceptors (Lipinski definition) is 5. The predicted octanol–water partition coefficient (Wildman–Crippen LogP) is 1.90. The van der Waals surface area contributed by atoms with Crippen LogP contribution in [0.2, 0.25) is 0 Å². The second kappa shape index (κ2) is 5.85. The Morgan fingerprint density at radius 2 is 1.95 bits per heavy atom. The molecule has 1 aromatic carbocycles. The molecule has 2 rings (SSSR count). The lowest BCUT2D eigenvalue weighted by Gasteiger charge is -2.15. The highest BCUT2D eigenvalue weighted by Gasteiger charge is 2.35. The van der Waals surface area contributed by atoms with Gasteiger partial charge in [0.15, 0.2) is 0 Å². The number of benzene rings is 1. The fourth-order valence-electron chi connectivity index (χ4n) is 1.73. The molecule has 0 bridgehead atoms. The van der Waals surface area contributed by atoms with Crippen molar-refractivity contribution in [1.29, 1.82) is 0 Å². The zero-order valence-electron chi connectivity index (χ0n) is 10.4. The topological polar surface area (TPSA) is 72.5 Å². The smallest absolute Gasteiger partial charge is 0.404 e. The third-order valence-electron chi connectivity index (χ3n) is 2.60. The van der Waals surface area contributed by atoms with Gasteiger partial charge in [0, 0.05) is 5.75 Å². The molecule has 0 aromatic heterocycles. The van der Waals surface area contributed by atoms with Gasteiger partial charge in [-0.25, -0.2) is 8.42 Å². The molecule has 116 valence electrons. The van der Waals surface area contributed by atoms with Crippen molar-refractivity contribution >= 4 is 26.9 Å². The minimum atomic E-state index is -5.01. The van der Waals surface area contributed by atoms with Gasteiger partial charge < -0.3 is 4.74 Å². The van der Waals surface area contributed by atoms with Crippen molar-refractivity contribution < 1.29 is 31.1 Å². The molecule has 21 heavy (non-hydrogen) atoms. The Balaban J connectivity index is 2.29. The maximum absolute atomic E-state index is 12.3. The zero-order valence-corrected chi connectivity index (χ0v) is 12.0. The Hall–Kier alpha value is -1.26. The maximum atomic E-state index is 12.3. The van der Waals surface area contributed by atoms with Crippen LogP contribution in [-0.4, -0.2) is 31.7 Å². The van der Waals surface area contributed by atoms with Crippen LogP contribution in [-0.2, 0) is 14.8 Å². The number of para-hydroxylation sites is 1. The number of carbonyl (C=O) groups excluding carboxylic acids is 1.